The molecule has 0 heterocycles. The van der Waals surface area contributed by atoms with Crippen molar-refractivity contribution in [2.75, 3.05) is 0 Å². The topological polar surface area (TPSA) is 0 Å². The van der Waals surface area contributed by atoms with Crippen LogP contribution in [0.1, 0.15) is 90.7 Å². The highest BCUT2D eigenvalue weighted by molar-refractivity contribution is 6.00. The molecular formula is C40H38. The minimum atomic E-state index is 1.05. The van der Waals surface area contributed by atoms with Gasteiger partial charge < -0.3 is 0 Å². The van der Waals surface area contributed by atoms with Gasteiger partial charge in [-0.1, -0.05) is 60.7 Å². The molecule has 0 aromatic heterocycles. The molecule has 4 aromatic rings. The molecule has 4 aromatic carbocycles. The summed E-state index contributed by atoms with van der Waals surface area (Å²) >= 11 is 0. The van der Waals surface area contributed by atoms with Crippen molar-refractivity contribution < 1.29 is 0 Å². The van der Waals surface area contributed by atoms with Crippen LogP contribution in [-0.4, -0.2) is 0 Å². The van der Waals surface area contributed by atoms with E-state index >= 15 is 0 Å². The smallest absolute Gasteiger partial charge is 0.00106 e. The Bertz CT molecular complexity index is 1690. The Hall–Kier alpha value is -3.64. The van der Waals surface area contributed by atoms with Crippen molar-refractivity contribution in [3.8, 4) is 11.1 Å². The third-order valence-electron chi connectivity index (χ3n) is 10.8. The van der Waals surface area contributed by atoms with Crippen molar-refractivity contribution in [3.05, 3.63) is 126 Å². The molecule has 8 rings (SSSR count). The molecule has 0 saturated heterocycles. The van der Waals surface area contributed by atoms with Crippen LogP contribution in [0.5, 0.6) is 0 Å². The molecule has 0 amide bonds. The molecule has 40 heavy (non-hydrogen) atoms. The molecule has 4 aliphatic carbocycles. The fourth-order valence-electron chi connectivity index (χ4n) is 8.71. The van der Waals surface area contributed by atoms with Gasteiger partial charge in [0.2, 0.25) is 0 Å². The standard InChI is InChI=1S/C40H38/c1-23-29-15-9-16-30(29)24(2)38-20-27(19-37(23)38)33-11-5-7-13-35(33)36-14-8-6-12-34(36)28-21-39-25(3)31-17-10-18-32(31)26(4)40(39)22-28/h5-8,11-14,19,21H,9-10,15-18,20,22H2,1-4H3. The minimum absolute atomic E-state index is 1.05. The fraction of sp³-hybridized carbons (Fsp3) is 0.300. The maximum atomic E-state index is 2.52. The van der Waals surface area contributed by atoms with E-state index in [-0.39, 0.29) is 0 Å². The first-order chi connectivity index (χ1) is 19.5. The van der Waals surface area contributed by atoms with Crippen molar-refractivity contribution in [2.45, 2.75) is 79.1 Å². The van der Waals surface area contributed by atoms with Gasteiger partial charge in [-0.05, 0) is 179 Å². The molecule has 0 atom stereocenters. The van der Waals surface area contributed by atoms with Crippen molar-refractivity contribution in [2.24, 2.45) is 0 Å². The predicted molar refractivity (Wildman–Crippen MR) is 171 cm³/mol. The van der Waals surface area contributed by atoms with E-state index in [0.717, 1.165) is 12.8 Å². The summed E-state index contributed by atoms with van der Waals surface area (Å²) in [6.45, 7) is 9.50. The van der Waals surface area contributed by atoms with E-state index in [1.165, 1.54) is 94.2 Å². The van der Waals surface area contributed by atoms with E-state index in [0.29, 0.717) is 0 Å². The first kappa shape index (κ1) is 24.2. The van der Waals surface area contributed by atoms with Gasteiger partial charge >= 0.3 is 0 Å². The average molecular weight is 519 g/mol. The third kappa shape index (κ3) is 3.38. The molecule has 0 unspecified atom stereocenters. The summed E-state index contributed by atoms with van der Waals surface area (Å²) in [7, 11) is 0. The van der Waals surface area contributed by atoms with Crippen LogP contribution in [0.15, 0.2) is 48.5 Å². The Kier molecular flexibility index (Phi) is 5.40. The molecule has 198 valence electrons. The fourth-order valence-corrected chi connectivity index (χ4v) is 8.71. The highest BCUT2D eigenvalue weighted by atomic mass is 14.3. The Morgan fingerprint density at radius 3 is 1.15 bits per heavy atom. The summed E-state index contributed by atoms with van der Waals surface area (Å²) in [4.78, 5) is 0. The van der Waals surface area contributed by atoms with Gasteiger partial charge in [0.05, 0.1) is 0 Å². The monoisotopic (exact) mass is 518 g/mol. The van der Waals surface area contributed by atoms with Crippen LogP contribution < -0.4 is 0 Å². The second kappa shape index (κ2) is 8.93. The van der Waals surface area contributed by atoms with Crippen LogP contribution in [0.4, 0.5) is 0 Å². The maximum Gasteiger partial charge on any atom is -0.00106 e. The number of hydrogen-bond acceptors (Lipinski definition) is 0. The van der Waals surface area contributed by atoms with Crippen LogP contribution in [0.25, 0.3) is 34.4 Å². The van der Waals surface area contributed by atoms with Crippen LogP contribution >= 0.6 is 0 Å². The number of allylic oxidation sites excluding steroid dienone is 2. The molecule has 0 saturated carbocycles. The zero-order chi connectivity index (χ0) is 27.1. The second-order valence-corrected chi connectivity index (χ2v) is 12.7. The number of fused-ring (bicyclic) bond motifs is 4. The lowest BCUT2D eigenvalue weighted by atomic mass is 9.87. The quantitative estimate of drug-likeness (QED) is 0.253. The molecule has 0 N–H and O–H groups in total. The molecule has 0 aliphatic heterocycles. The average Bonchev–Trinajstić information content (AvgIpc) is 3.79. The maximum absolute atomic E-state index is 2.52. The van der Waals surface area contributed by atoms with E-state index in [9.17, 15) is 0 Å². The van der Waals surface area contributed by atoms with E-state index in [1.807, 2.05) is 0 Å². The molecule has 4 aliphatic rings. The van der Waals surface area contributed by atoms with Crippen molar-refractivity contribution in [1.82, 2.24) is 0 Å². The number of hydrogen-bond donors (Lipinski definition) is 0. The Labute approximate surface area is 239 Å². The van der Waals surface area contributed by atoms with Gasteiger partial charge in [0, 0.05) is 0 Å². The van der Waals surface area contributed by atoms with Gasteiger partial charge in [0.15, 0.2) is 0 Å². The summed E-state index contributed by atoms with van der Waals surface area (Å²) in [5, 5.41) is 0. The Morgan fingerprint density at radius 2 is 0.750 bits per heavy atom. The SMILES string of the molecule is Cc1c2c(c(C)c3c1CCC3)CC(c1ccccc1-c1ccccc1C1=Cc3c(C)c4c(c(C)c3C1)CCC4)=C2. The number of benzene rings is 4. The molecule has 0 spiro atoms. The van der Waals surface area contributed by atoms with Gasteiger partial charge in [-0.2, -0.15) is 0 Å². The van der Waals surface area contributed by atoms with Gasteiger partial charge in [-0.25, -0.2) is 0 Å². The summed E-state index contributed by atoms with van der Waals surface area (Å²) < 4.78 is 0. The van der Waals surface area contributed by atoms with E-state index in [2.05, 4.69) is 88.4 Å². The zero-order valence-electron chi connectivity index (χ0n) is 24.4. The summed E-state index contributed by atoms with van der Waals surface area (Å²) in [5.74, 6) is 0. The highest BCUT2D eigenvalue weighted by Crippen LogP contribution is 2.46. The lowest BCUT2D eigenvalue weighted by Gasteiger charge is -2.17. The summed E-state index contributed by atoms with van der Waals surface area (Å²) in [5.41, 5.74) is 27.4. The zero-order valence-corrected chi connectivity index (χ0v) is 24.4. The largest absolute Gasteiger partial charge is 0.0616 e. The lowest BCUT2D eigenvalue weighted by molar-refractivity contribution is 0.907. The van der Waals surface area contributed by atoms with Crippen molar-refractivity contribution in [3.63, 3.8) is 0 Å². The summed E-state index contributed by atoms with van der Waals surface area (Å²) in [6, 6.07) is 18.3. The first-order valence-electron chi connectivity index (χ1n) is 15.4. The Balaban J connectivity index is 1.23. The molecular weight excluding hydrogens is 480 g/mol. The molecule has 0 fully saturated rings. The van der Waals surface area contributed by atoms with Crippen LogP contribution in [0, 0.1) is 27.7 Å². The van der Waals surface area contributed by atoms with Gasteiger partial charge in [0.25, 0.3) is 0 Å². The van der Waals surface area contributed by atoms with Gasteiger partial charge in [0.1, 0.15) is 0 Å². The molecule has 0 radical (unpaired) electrons. The van der Waals surface area contributed by atoms with E-state index in [1.54, 1.807) is 44.5 Å². The van der Waals surface area contributed by atoms with Crippen molar-refractivity contribution in [1.29, 1.82) is 0 Å². The Morgan fingerprint density at radius 1 is 0.400 bits per heavy atom. The minimum Gasteiger partial charge on any atom is -0.0616 e. The van der Waals surface area contributed by atoms with E-state index < -0.39 is 0 Å². The molecule has 0 heteroatoms. The molecule has 0 nitrogen and oxygen atoms in total. The highest BCUT2D eigenvalue weighted by Gasteiger charge is 2.29. The van der Waals surface area contributed by atoms with Crippen LogP contribution in [0.2, 0.25) is 0 Å². The van der Waals surface area contributed by atoms with Crippen molar-refractivity contribution >= 4 is 23.3 Å². The predicted octanol–water partition coefficient (Wildman–Crippen LogP) is 9.76. The van der Waals surface area contributed by atoms with Gasteiger partial charge in [-0.3, -0.25) is 0 Å². The molecule has 0 bridgehead atoms. The summed E-state index contributed by atoms with van der Waals surface area (Å²) in [6.07, 6.45) is 14.8. The number of rotatable bonds is 3. The second-order valence-electron chi connectivity index (χ2n) is 12.7. The van der Waals surface area contributed by atoms with E-state index in [4.69, 9.17) is 0 Å². The lowest BCUT2D eigenvalue weighted by Crippen LogP contribution is -2.01. The third-order valence-corrected chi connectivity index (χ3v) is 10.8. The normalized spacial score (nSPS) is 16.5. The van der Waals surface area contributed by atoms with Gasteiger partial charge in [-0.15, -0.1) is 0 Å². The van der Waals surface area contributed by atoms with Crippen LogP contribution in [-0.2, 0) is 38.5 Å². The van der Waals surface area contributed by atoms with Crippen LogP contribution in [0.3, 0.4) is 0 Å². The first-order valence-corrected chi connectivity index (χ1v) is 15.4.